The molecule has 1 unspecified atom stereocenters. The normalized spacial score (nSPS) is 16.4. The van der Waals surface area contributed by atoms with E-state index in [1.165, 1.54) is 0 Å². The number of carbonyl (C=O) groups is 2. The van der Waals surface area contributed by atoms with Gasteiger partial charge in [0.15, 0.2) is 0 Å². The van der Waals surface area contributed by atoms with Crippen LogP contribution in [0.15, 0.2) is 84.4 Å². The van der Waals surface area contributed by atoms with Gasteiger partial charge in [0.1, 0.15) is 23.9 Å². The van der Waals surface area contributed by atoms with Crippen molar-refractivity contribution in [1.29, 1.82) is 0 Å². The number of nitrogens with zero attached hydrogens (tertiary/aromatic N) is 2. The van der Waals surface area contributed by atoms with Gasteiger partial charge in [-0.15, -0.1) is 0 Å². The van der Waals surface area contributed by atoms with Gasteiger partial charge >= 0.3 is 0 Å². The lowest BCUT2D eigenvalue weighted by atomic mass is 9.95. The van der Waals surface area contributed by atoms with Crippen LogP contribution < -0.4 is 9.47 Å². The molecule has 1 heterocycles. The van der Waals surface area contributed by atoms with Crippen molar-refractivity contribution in [1.82, 2.24) is 9.80 Å². The predicted octanol–water partition coefficient (Wildman–Crippen LogP) is 6.21. The average Bonchev–Trinajstić information content (AvgIpc) is 3.26. The number of likely N-dealkylation sites (tertiary alicyclic amines) is 1. The smallest absolute Gasteiger partial charge is 0.295 e. The number of aliphatic hydroxyl groups is 1. The van der Waals surface area contributed by atoms with Crippen molar-refractivity contribution in [2.75, 3.05) is 32.8 Å². The first-order chi connectivity index (χ1) is 20.0. The summed E-state index contributed by atoms with van der Waals surface area (Å²) in [7, 11) is 0. The molecular weight excluding hydrogens is 516 g/mol. The topological polar surface area (TPSA) is 79.3 Å². The van der Waals surface area contributed by atoms with Crippen LogP contribution in [0.3, 0.4) is 0 Å². The van der Waals surface area contributed by atoms with E-state index in [0.29, 0.717) is 43.4 Å². The number of aliphatic hydroxyl groups excluding tert-OH is 1. The molecule has 0 radical (unpaired) electrons. The summed E-state index contributed by atoms with van der Waals surface area (Å²) >= 11 is 0. The molecule has 0 aliphatic carbocycles. The van der Waals surface area contributed by atoms with Gasteiger partial charge in [-0.05, 0) is 67.0 Å². The van der Waals surface area contributed by atoms with E-state index in [0.717, 1.165) is 37.1 Å². The summed E-state index contributed by atoms with van der Waals surface area (Å²) in [6.45, 7) is 9.95. The fourth-order valence-electron chi connectivity index (χ4n) is 4.93. The van der Waals surface area contributed by atoms with Gasteiger partial charge in [0, 0.05) is 18.7 Å². The van der Waals surface area contributed by atoms with Crippen LogP contribution in [0.25, 0.3) is 5.76 Å². The Labute approximate surface area is 243 Å². The second-order valence-electron chi connectivity index (χ2n) is 10.1. The van der Waals surface area contributed by atoms with E-state index in [4.69, 9.17) is 9.47 Å². The standard InChI is InChI=1S/C34H40N2O5/c1-4-7-23-40-28-19-15-27(16-20-28)32(37)30-31(36(34(39)33(30)38)22-21-35(5-2)6-3)26-13-17-29(18-14-26)41-24-25-11-9-8-10-12-25/h8-20,31,37H,4-7,21-24H2,1-3H3/b32-30+. The maximum absolute atomic E-state index is 13.4. The molecule has 3 aromatic carbocycles. The molecule has 0 aromatic heterocycles. The SMILES string of the molecule is CCCCOc1ccc(/C(O)=C2\C(=O)C(=O)N(CCN(CC)CC)C2c2ccc(OCc3ccccc3)cc2)cc1. The third kappa shape index (κ3) is 7.35. The number of Topliss-reactive ketones (excluding diaryl/α,β-unsaturated/α-hetero) is 1. The highest BCUT2D eigenvalue weighted by molar-refractivity contribution is 6.46. The van der Waals surface area contributed by atoms with Crippen molar-refractivity contribution in [2.24, 2.45) is 0 Å². The lowest BCUT2D eigenvalue weighted by Crippen LogP contribution is -2.38. The number of rotatable bonds is 14. The van der Waals surface area contributed by atoms with Gasteiger partial charge < -0.3 is 24.4 Å². The molecule has 1 saturated heterocycles. The number of carbonyl (C=O) groups excluding carboxylic acids is 2. The molecule has 7 heteroatoms. The Morgan fingerprint density at radius 2 is 1.49 bits per heavy atom. The molecule has 1 aliphatic heterocycles. The van der Waals surface area contributed by atoms with Crippen LogP contribution in [0.5, 0.6) is 11.5 Å². The Morgan fingerprint density at radius 1 is 0.854 bits per heavy atom. The largest absolute Gasteiger partial charge is 0.507 e. The highest BCUT2D eigenvalue weighted by atomic mass is 16.5. The third-order valence-electron chi connectivity index (χ3n) is 7.43. The first kappa shape index (κ1) is 29.9. The predicted molar refractivity (Wildman–Crippen MR) is 161 cm³/mol. The highest BCUT2D eigenvalue weighted by Gasteiger charge is 2.46. The van der Waals surface area contributed by atoms with Crippen LogP contribution in [0.1, 0.15) is 56.3 Å². The number of benzene rings is 3. The van der Waals surface area contributed by atoms with Crippen LogP contribution in [0, 0.1) is 0 Å². The van der Waals surface area contributed by atoms with Crippen molar-refractivity contribution < 1.29 is 24.2 Å². The first-order valence-corrected chi connectivity index (χ1v) is 14.5. The van der Waals surface area contributed by atoms with Crippen molar-refractivity contribution in [2.45, 2.75) is 46.3 Å². The summed E-state index contributed by atoms with van der Waals surface area (Å²) in [4.78, 5) is 30.5. The van der Waals surface area contributed by atoms with Crippen LogP contribution >= 0.6 is 0 Å². The first-order valence-electron chi connectivity index (χ1n) is 14.5. The summed E-state index contributed by atoms with van der Waals surface area (Å²) in [5.74, 6) is -0.107. The fourth-order valence-corrected chi connectivity index (χ4v) is 4.93. The molecule has 0 spiro atoms. The van der Waals surface area contributed by atoms with E-state index >= 15 is 0 Å². The molecule has 0 bridgehead atoms. The van der Waals surface area contributed by atoms with Gasteiger partial charge in [0.25, 0.3) is 11.7 Å². The molecule has 1 atom stereocenters. The second kappa shape index (κ2) is 14.5. The van der Waals surface area contributed by atoms with Crippen LogP contribution in [-0.2, 0) is 16.2 Å². The zero-order chi connectivity index (χ0) is 29.2. The van der Waals surface area contributed by atoms with Crippen LogP contribution in [0.2, 0.25) is 0 Å². The number of likely N-dealkylation sites (N-methyl/N-ethyl adjacent to an activating group) is 1. The van der Waals surface area contributed by atoms with E-state index in [2.05, 4.69) is 25.7 Å². The number of unbranched alkanes of at least 4 members (excludes halogenated alkanes) is 1. The van der Waals surface area contributed by atoms with Crippen molar-refractivity contribution in [3.8, 4) is 11.5 Å². The Balaban J connectivity index is 1.64. The molecule has 1 N–H and O–H groups in total. The molecule has 0 saturated carbocycles. The Kier molecular flexibility index (Phi) is 10.6. The van der Waals surface area contributed by atoms with Crippen molar-refractivity contribution in [3.05, 3.63) is 101 Å². The average molecular weight is 557 g/mol. The maximum Gasteiger partial charge on any atom is 0.295 e. The van der Waals surface area contributed by atoms with E-state index in [1.807, 2.05) is 54.6 Å². The molecule has 1 amide bonds. The quantitative estimate of drug-likeness (QED) is 0.110. The minimum absolute atomic E-state index is 0.0900. The van der Waals surface area contributed by atoms with E-state index in [1.54, 1.807) is 29.2 Å². The monoisotopic (exact) mass is 556 g/mol. The van der Waals surface area contributed by atoms with Crippen LogP contribution in [0.4, 0.5) is 0 Å². The Bertz CT molecular complexity index is 1320. The molecule has 3 aromatic rings. The Morgan fingerprint density at radius 3 is 2.12 bits per heavy atom. The van der Waals surface area contributed by atoms with Gasteiger partial charge in [-0.3, -0.25) is 9.59 Å². The lowest BCUT2D eigenvalue weighted by Gasteiger charge is -2.28. The number of ketones is 1. The van der Waals surface area contributed by atoms with Crippen LogP contribution in [-0.4, -0.2) is 59.4 Å². The highest BCUT2D eigenvalue weighted by Crippen LogP contribution is 2.40. The van der Waals surface area contributed by atoms with E-state index in [9.17, 15) is 14.7 Å². The number of hydrogen-bond donors (Lipinski definition) is 1. The summed E-state index contributed by atoms with van der Waals surface area (Å²) in [5, 5.41) is 11.4. The second-order valence-corrected chi connectivity index (χ2v) is 10.1. The summed E-state index contributed by atoms with van der Waals surface area (Å²) < 4.78 is 11.7. The number of amides is 1. The van der Waals surface area contributed by atoms with Gasteiger partial charge in [0.2, 0.25) is 0 Å². The zero-order valence-electron chi connectivity index (χ0n) is 24.2. The van der Waals surface area contributed by atoms with Gasteiger partial charge in [-0.25, -0.2) is 0 Å². The lowest BCUT2D eigenvalue weighted by molar-refractivity contribution is -0.140. The molecule has 4 rings (SSSR count). The molecular formula is C34H40N2O5. The third-order valence-corrected chi connectivity index (χ3v) is 7.43. The van der Waals surface area contributed by atoms with Gasteiger partial charge in [-0.2, -0.15) is 0 Å². The van der Waals surface area contributed by atoms with Gasteiger partial charge in [0.05, 0.1) is 18.2 Å². The zero-order valence-corrected chi connectivity index (χ0v) is 24.2. The fraction of sp³-hybridized carbons (Fsp3) is 0.353. The molecule has 41 heavy (non-hydrogen) atoms. The molecule has 1 aliphatic rings. The summed E-state index contributed by atoms with van der Waals surface area (Å²) in [6, 6.07) is 23.6. The maximum atomic E-state index is 13.4. The Hall–Kier alpha value is -4.10. The minimum Gasteiger partial charge on any atom is -0.507 e. The summed E-state index contributed by atoms with van der Waals surface area (Å²) in [6.07, 6.45) is 1.99. The van der Waals surface area contributed by atoms with Crippen molar-refractivity contribution >= 4 is 17.4 Å². The van der Waals surface area contributed by atoms with E-state index in [-0.39, 0.29) is 11.3 Å². The minimum atomic E-state index is -0.714. The number of ether oxygens (including phenoxy) is 2. The van der Waals surface area contributed by atoms with Gasteiger partial charge in [-0.1, -0.05) is 69.7 Å². The molecule has 1 fully saturated rings. The molecule has 7 nitrogen and oxygen atoms in total. The number of hydrogen-bond acceptors (Lipinski definition) is 6. The van der Waals surface area contributed by atoms with Crippen molar-refractivity contribution in [3.63, 3.8) is 0 Å². The summed E-state index contributed by atoms with van der Waals surface area (Å²) in [5.41, 5.74) is 2.34. The van der Waals surface area contributed by atoms with E-state index < -0.39 is 17.7 Å². The molecule has 216 valence electrons.